The van der Waals surface area contributed by atoms with Crippen molar-refractivity contribution in [1.29, 1.82) is 0 Å². The maximum Gasteiger partial charge on any atom is 0.407 e. The van der Waals surface area contributed by atoms with Crippen LogP contribution in [0.15, 0.2) is 30.3 Å². The Bertz CT molecular complexity index is 631. The molecule has 1 saturated heterocycles. The molecule has 0 radical (unpaired) electrons. The number of amides is 3. The third-order valence-corrected chi connectivity index (χ3v) is 3.54. The number of benzene rings is 1. The standard InChI is InChI=1S/C16H18N2O6/c19-12(14(21)11-8-13(20)18-15(11)22)6-7-17-16(23)24-9-10-4-2-1-3-5-10/h1-5,11-12,19H,6-9H2,(H,17,23)(H,18,20,22). The van der Waals surface area contributed by atoms with Gasteiger partial charge in [-0.05, 0) is 12.0 Å². The van der Waals surface area contributed by atoms with Crippen molar-refractivity contribution in [3.63, 3.8) is 0 Å². The van der Waals surface area contributed by atoms with E-state index in [9.17, 15) is 24.3 Å². The largest absolute Gasteiger partial charge is 0.445 e. The number of imide groups is 1. The molecule has 8 nitrogen and oxygen atoms in total. The minimum Gasteiger partial charge on any atom is -0.445 e. The van der Waals surface area contributed by atoms with Gasteiger partial charge in [0.25, 0.3) is 0 Å². The zero-order chi connectivity index (χ0) is 17.5. The van der Waals surface area contributed by atoms with Crippen LogP contribution in [0, 0.1) is 5.92 Å². The summed E-state index contributed by atoms with van der Waals surface area (Å²) >= 11 is 0. The predicted octanol–water partition coefficient (Wildman–Crippen LogP) is -0.104. The molecule has 3 amide bonds. The van der Waals surface area contributed by atoms with Gasteiger partial charge in [0.2, 0.25) is 11.8 Å². The molecule has 0 aliphatic carbocycles. The molecule has 0 bridgehead atoms. The van der Waals surface area contributed by atoms with Crippen LogP contribution in [0.2, 0.25) is 0 Å². The minimum absolute atomic E-state index is 0.00279. The Morgan fingerprint density at radius 2 is 2.00 bits per heavy atom. The van der Waals surface area contributed by atoms with Crippen LogP contribution in [0.3, 0.4) is 0 Å². The molecule has 0 aromatic heterocycles. The Labute approximate surface area is 138 Å². The van der Waals surface area contributed by atoms with Crippen molar-refractivity contribution >= 4 is 23.7 Å². The van der Waals surface area contributed by atoms with E-state index in [1.54, 1.807) is 0 Å². The molecule has 2 atom stereocenters. The second-order valence-corrected chi connectivity index (χ2v) is 5.36. The number of nitrogens with one attached hydrogen (secondary N) is 2. The highest BCUT2D eigenvalue weighted by Gasteiger charge is 2.38. The molecular weight excluding hydrogens is 316 g/mol. The van der Waals surface area contributed by atoms with E-state index in [-0.39, 0.29) is 26.0 Å². The highest BCUT2D eigenvalue weighted by molar-refractivity contribution is 6.15. The molecule has 1 fully saturated rings. The second kappa shape index (κ2) is 8.21. The molecular formula is C16H18N2O6. The smallest absolute Gasteiger partial charge is 0.407 e. The lowest BCUT2D eigenvalue weighted by atomic mass is 9.96. The fourth-order valence-electron chi connectivity index (χ4n) is 2.24. The van der Waals surface area contributed by atoms with Crippen LogP contribution in [-0.4, -0.2) is 41.4 Å². The van der Waals surface area contributed by atoms with Crippen molar-refractivity contribution in [3.05, 3.63) is 35.9 Å². The van der Waals surface area contributed by atoms with E-state index >= 15 is 0 Å². The molecule has 1 aromatic rings. The van der Waals surface area contributed by atoms with Gasteiger partial charge in [0.15, 0.2) is 5.78 Å². The normalized spacial score (nSPS) is 18.0. The van der Waals surface area contributed by atoms with Crippen molar-refractivity contribution in [3.8, 4) is 0 Å². The first-order chi connectivity index (χ1) is 11.5. The molecule has 1 heterocycles. The molecule has 0 spiro atoms. The lowest BCUT2D eigenvalue weighted by molar-refractivity contribution is -0.137. The number of carbonyl (C=O) groups is 4. The Balaban J connectivity index is 1.67. The van der Waals surface area contributed by atoms with E-state index in [1.807, 2.05) is 35.6 Å². The summed E-state index contributed by atoms with van der Waals surface area (Å²) in [4.78, 5) is 45.8. The van der Waals surface area contributed by atoms with Crippen LogP contribution in [0.5, 0.6) is 0 Å². The summed E-state index contributed by atoms with van der Waals surface area (Å²) in [6.45, 7) is 0.112. The highest BCUT2D eigenvalue weighted by atomic mass is 16.5. The van der Waals surface area contributed by atoms with Crippen LogP contribution in [-0.2, 0) is 25.7 Å². The van der Waals surface area contributed by atoms with Gasteiger partial charge in [-0.2, -0.15) is 0 Å². The maximum absolute atomic E-state index is 11.9. The fourth-order valence-corrected chi connectivity index (χ4v) is 2.24. The first-order valence-electron chi connectivity index (χ1n) is 7.47. The van der Waals surface area contributed by atoms with E-state index < -0.39 is 35.7 Å². The van der Waals surface area contributed by atoms with Crippen molar-refractivity contribution in [2.24, 2.45) is 5.92 Å². The first-order valence-corrected chi connectivity index (χ1v) is 7.47. The summed E-state index contributed by atoms with van der Waals surface area (Å²) in [5.74, 6) is -3.11. The molecule has 1 aliphatic rings. The molecule has 1 aliphatic heterocycles. The Morgan fingerprint density at radius 1 is 1.29 bits per heavy atom. The molecule has 2 unspecified atom stereocenters. The molecule has 1 aromatic carbocycles. The third-order valence-electron chi connectivity index (χ3n) is 3.54. The second-order valence-electron chi connectivity index (χ2n) is 5.36. The summed E-state index contributed by atoms with van der Waals surface area (Å²) in [5.41, 5.74) is 0.833. The zero-order valence-electron chi connectivity index (χ0n) is 12.9. The van der Waals surface area contributed by atoms with Gasteiger partial charge in [-0.15, -0.1) is 0 Å². The Morgan fingerprint density at radius 3 is 2.62 bits per heavy atom. The van der Waals surface area contributed by atoms with E-state index in [1.165, 1.54) is 0 Å². The Kier molecular flexibility index (Phi) is 6.02. The quantitative estimate of drug-likeness (QED) is 0.473. The number of aliphatic hydroxyl groups is 1. The predicted molar refractivity (Wildman–Crippen MR) is 81.5 cm³/mol. The van der Waals surface area contributed by atoms with Gasteiger partial charge in [0.1, 0.15) is 18.6 Å². The van der Waals surface area contributed by atoms with Gasteiger partial charge < -0.3 is 15.2 Å². The van der Waals surface area contributed by atoms with Crippen LogP contribution >= 0.6 is 0 Å². The average molecular weight is 334 g/mol. The molecule has 8 heteroatoms. The number of Topliss-reactive ketones (excluding diaryl/α,β-unsaturated/α-hetero) is 1. The molecule has 0 saturated carbocycles. The van der Waals surface area contributed by atoms with E-state index in [4.69, 9.17) is 4.74 Å². The van der Waals surface area contributed by atoms with E-state index in [0.29, 0.717) is 0 Å². The Hall–Kier alpha value is -2.74. The van der Waals surface area contributed by atoms with Crippen molar-refractivity contribution in [2.45, 2.75) is 25.6 Å². The van der Waals surface area contributed by atoms with Crippen molar-refractivity contribution in [2.75, 3.05) is 6.54 Å². The van der Waals surface area contributed by atoms with Crippen molar-refractivity contribution < 1.29 is 29.0 Å². The average Bonchev–Trinajstić information content (AvgIpc) is 2.91. The maximum atomic E-state index is 11.9. The van der Waals surface area contributed by atoms with Crippen LogP contribution < -0.4 is 10.6 Å². The van der Waals surface area contributed by atoms with Crippen LogP contribution in [0.1, 0.15) is 18.4 Å². The lowest BCUT2D eigenvalue weighted by Crippen LogP contribution is -2.36. The molecule has 3 N–H and O–H groups in total. The minimum atomic E-state index is -1.43. The summed E-state index contributed by atoms with van der Waals surface area (Å²) in [6, 6.07) is 9.11. The first kappa shape index (κ1) is 17.6. The molecule has 128 valence electrons. The van der Waals surface area contributed by atoms with E-state index in [2.05, 4.69) is 5.32 Å². The number of carbonyl (C=O) groups excluding carboxylic acids is 4. The summed E-state index contributed by atoms with van der Waals surface area (Å²) in [6.07, 6.45) is -2.42. The SMILES string of the molecule is O=C1CC(C(=O)C(O)CCNC(=O)OCc2ccccc2)C(=O)N1. The monoisotopic (exact) mass is 334 g/mol. The van der Waals surface area contributed by atoms with Gasteiger partial charge in [0.05, 0.1) is 0 Å². The highest BCUT2D eigenvalue weighted by Crippen LogP contribution is 2.15. The number of aliphatic hydroxyl groups excluding tert-OH is 1. The number of hydrogen-bond acceptors (Lipinski definition) is 6. The number of hydrogen-bond donors (Lipinski definition) is 3. The topological polar surface area (TPSA) is 122 Å². The third kappa shape index (κ3) is 4.88. The molecule has 24 heavy (non-hydrogen) atoms. The number of alkyl carbamates (subject to hydrolysis) is 1. The summed E-state index contributed by atoms with van der Waals surface area (Å²) in [5, 5.41) is 14.2. The number of ether oxygens (including phenoxy) is 1. The fraction of sp³-hybridized carbons (Fsp3) is 0.375. The van der Waals surface area contributed by atoms with Crippen LogP contribution in [0.4, 0.5) is 4.79 Å². The summed E-state index contributed by atoms with van der Waals surface area (Å²) < 4.78 is 4.98. The molecule has 2 rings (SSSR count). The van der Waals surface area contributed by atoms with Gasteiger partial charge >= 0.3 is 6.09 Å². The lowest BCUT2D eigenvalue weighted by Gasteiger charge is -2.13. The summed E-state index contributed by atoms with van der Waals surface area (Å²) in [7, 11) is 0. The number of rotatable bonds is 7. The van der Waals surface area contributed by atoms with Gasteiger partial charge in [-0.1, -0.05) is 30.3 Å². The van der Waals surface area contributed by atoms with Gasteiger partial charge in [-0.25, -0.2) is 4.79 Å². The van der Waals surface area contributed by atoms with Gasteiger partial charge in [0, 0.05) is 13.0 Å². The van der Waals surface area contributed by atoms with Crippen LogP contribution in [0.25, 0.3) is 0 Å². The van der Waals surface area contributed by atoms with Crippen molar-refractivity contribution in [1.82, 2.24) is 10.6 Å². The zero-order valence-corrected chi connectivity index (χ0v) is 12.9. The van der Waals surface area contributed by atoms with Gasteiger partial charge in [-0.3, -0.25) is 19.7 Å². The van der Waals surface area contributed by atoms with E-state index in [0.717, 1.165) is 5.56 Å². The number of ketones is 1.